The molecule has 0 fully saturated rings. The number of hydrogen-bond donors (Lipinski definition) is 2. The molecule has 0 radical (unpaired) electrons. The summed E-state index contributed by atoms with van der Waals surface area (Å²) in [5.74, 6) is 0.430. The Hall–Kier alpha value is -2.33. The van der Waals surface area contributed by atoms with E-state index < -0.39 is 6.04 Å². The fourth-order valence-corrected chi connectivity index (χ4v) is 2.12. The molecule has 4 nitrogen and oxygen atoms in total. The van der Waals surface area contributed by atoms with E-state index in [-0.39, 0.29) is 12.5 Å². The van der Waals surface area contributed by atoms with E-state index in [9.17, 15) is 9.90 Å². The van der Waals surface area contributed by atoms with Gasteiger partial charge in [-0.25, -0.2) is 0 Å². The second-order valence-electron chi connectivity index (χ2n) is 4.80. The van der Waals surface area contributed by atoms with E-state index in [1.807, 2.05) is 43.3 Å². The molecule has 1 amide bonds. The van der Waals surface area contributed by atoms with Crippen LogP contribution in [0, 0.1) is 6.92 Å². The molecule has 2 aromatic rings. The summed E-state index contributed by atoms with van der Waals surface area (Å²) in [5, 5.41) is 12.3. The fraction of sp³-hybridized carbons (Fsp3) is 0.235. The van der Waals surface area contributed by atoms with Gasteiger partial charge in [-0.3, -0.25) is 4.79 Å². The number of aryl methyl sites for hydroxylation is 1. The van der Waals surface area contributed by atoms with Crippen molar-refractivity contribution in [2.24, 2.45) is 0 Å². The van der Waals surface area contributed by atoms with Crippen molar-refractivity contribution in [3.8, 4) is 5.75 Å². The largest absolute Gasteiger partial charge is 0.496 e. The number of benzene rings is 2. The molecule has 110 valence electrons. The Kier molecular flexibility index (Phi) is 4.95. The number of amides is 1. The number of carbonyl (C=O) groups excluding carboxylic acids is 1. The third-order valence-electron chi connectivity index (χ3n) is 3.36. The molecule has 21 heavy (non-hydrogen) atoms. The van der Waals surface area contributed by atoms with Gasteiger partial charge in [0.05, 0.1) is 19.8 Å². The molecular formula is C17H19NO3. The van der Waals surface area contributed by atoms with Gasteiger partial charge >= 0.3 is 0 Å². The Bertz CT molecular complexity index is 611. The minimum atomic E-state index is -0.425. The zero-order valence-electron chi connectivity index (χ0n) is 12.2. The lowest BCUT2D eigenvalue weighted by Crippen LogP contribution is -2.30. The number of methoxy groups -OCH3 is 1. The number of carbonyl (C=O) groups is 1. The van der Waals surface area contributed by atoms with Gasteiger partial charge in [-0.15, -0.1) is 0 Å². The molecule has 0 aliphatic rings. The van der Waals surface area contributed by atoms with Crippen LogP contribution >= 0.6 is 0 Å². The predicted molar refractivity (Wildman–Crippen MR) is 81.5 cm³/mol. The minimum Gasteiger partial charge on any atom is -0.496 e. The van der Waals surface area contributed by atoms with E-state index in [0.29, 0.717) is 11.3 Å². The van der Waals surface area contributed by atoms with E-state index >= 15 is 0 Å². The SMILES string of the molecule is COc1cc(C(=O)N[C@@H](CO)c2ccccc2)ccc1C. The summed E-state index contributed by atoms with van der Waals surface area (Å²) >= 11 is 0. The van der Waals surface area contributed by atoms with Crippen LogP contribution < -0.4 is 10.1 Å². The summed E-state index contributed by atoms with van der Waals surface area (Å²) in [6.45, 7) is 1.76. The highest BCUT2D eigenvalue weighted by atomic mass is 16.5. The normalized spacial score (nSPS) is 11.8. The van der Waals surface area contributed by atoms with Gasteiger partial charge in [-0.1, -0.05) is 36.4 Å². The van der Waals surface area contributed by atoms with E-state index in [1.165, 1.54) is 0 Å². The standard InChI is InChI=1S/C17H19NO3/c1-12-8-9-14(10-16(12)21-2)17(20)18-15(11-19)13-6-4-3-5-7-13/h3-10,15,19H,11H2,1-2H3,(H,18,20)/t15-/m0/s1. The minimum absolute atomic E-state index is 0.154. The Morgan fingerprint density at radius 2 is 1.95 bits per heavy atom. The van der Waals surface area contributed by atoms with Crippen LogP contribution in [0.15, 0.2) is 48.5 Å². The summed E-state index contributed by atoms with van der Waals surface area (Å²) in [6.07, 6.45) is 0. The predicted octanol–water partition coefficient (Wildman–Crippen LogP) is 2.47. The second kappa shape index (κ2) is 6.90. The highest BCUT2D eigenvalue weighted by Gasteiger charge is 2.15. The van der Waals surface area contributed by atoms with Crippen LogP contribution in [0.2, 0.25) is 0 Å². The molecule has 2 N–H and O–H groups in total. The Labute approximate surface area is 124 Å². The number of rotatable bonds is 5. The highest BCUT2D eigenvalue weighted by Crippen LogP contribution is 2.20. The zero-order valence-corrected chi connectivity index (χ0v) is 12.2. The summed E-state index contributed by atoms with van der Waals surface area (Å²) in [6, 6.07) is 14.2. The first-order valence-corrected chi connectivity index (χ1v) is 6.77. The molecule has 4 heteroatoms. The van der Waals surface area contributed by atoms with Gasteiger partial charge in [0.15, 0.2) is 0 Å². The Morgan fingerprint density at radius 3 is 2.57 bits per heavy atom. The average Bonchev–Trinajstić information content (AvgIpc) is 2.53. The summed E-state index contributed by atoms with van der Waals surface area (Å²) in [4.78, 5) is 12.3. The lowest BCUT2D eigenvalue weighted by Gasteiger charge is -2.17. The van der Waals surface area contributed by atoms with Crippen molar-refractivity contribution in [3.05, 3.63) is 65.2 Å². The molecule has 2 aromatic carbocycles. The Morgan fingerprint density at radius 1 is 1.24 bits per heavy atom. The zero-order chi connectivity index (χ0) is 15.2. The van der Waals surface area contributed by atoms with Crippen LogP contribution in [0.5, 0.6) is 5.75 Å². The van der Waals surface area contributed by atoms with Gasteiger partial charge in [0.1, 0.15) is 5.75 Å². The van der Waals surface area contributed by atoms with Crippen LogP contribution in [0.1, 0.15) is 27.5 Å². The molecule has 0 aliphatic carbocycles. The first-order chi connectivity index (χ1) is 10.2. The van der Waals surface area contributed by atoms with E-state index in [1.54, 1.807) is 19.2 Å². The quantitative estimate of drug-likeness (QED) is 0.887. The molecule has 0 bridgehead atoms. The summed E-state index contributed by atoms with van der Waals surface area (Å²) in [5.41, 5.74) is 2.34. The monoisotopic (exact) mass is 285 g/mol. The van der Waals surface area contributed by atoms with E-state index in [0.717, 1.165) is 11.1 Å². The topological polar surface area (TPSA) is 58.6 Å². The molecule has 0 heterocycles. The van der Waals surface area contributed by atoms with Crippen LogP contribution in [0.25, 0.3) is 0 Å². The number of nitrogens with one attached hydrogen (secondary N) is 1. The van der Waals surface area contributed by atoms with Crippen molar-refractivity contribution < 1.29 is 14.6 Å². The van der Waals surface area contributed by atoms with Crippen LogP contribution in [-0.2, 0) is 0 Å². The van der Waals surface area contributed by atoms with Crippen molar-refractivity contribution in [2.75, 3.05) is 13.7 Å². The smallest absolute Gasteiger partial charge is 0.251 e. The van der Waals surface area contributed by atoms with Gasteiger partial charge in [0.2, 0.25) is 0 Å². The maximum Gasteiger partial charge on any atom is 0.251 e. The van der Waals surface area contributed by atoms with E-state index in [2.05, 4.69) is 5.32 Å². The van der Waals surface area contributed by atoms with Gasteiger partial charge in [0.25, 0.3) is 5.91 Å². The number of hydrogen-bond acceptors (Lipinski definition) is 3. The molecule has 0 aromatic heterocycles. The lowest BCUT2D eigenvalue weighted by molar-refractivity contribution is 0.0916. The van der Waals surface area contributed by atoms with Crippen molar-refractivity contribution in [2.45, 2.75) is 13.0 Å². The highest BCUT2D eigenvalue weighted by molar-refractivity contribution is 5.95. The van der Waals surface area contributed by atoms with Gasteiger partial charge in [-0.2, -0.15) is 0 Å². The maximum atomic E-state index is 12.3. The van der Waals surface area contributed by atoms with Gasteiger partial charge in [0, 0.05) is 5.56 Å². The fourth-order valence-electron chi connectivity index (χ4n) is 2.12. The van der Waals surface area contributed by atoms with Crippen molar-refractivity contribution >= 4 is 5.91 Å². The second-order valence-corrected chi connectivity index (χ2v) is 4.80. The summed E-state index contributed by atoms with van der Waals surface area (Å²) < 4.78 is 5.22. The number of aliphatic hydroxyl groups is 1. The van der Waals surface area contributed by atoms with Crippen molar-refractivity contribution in [1.29, 1.82) is 0 Å². The Balaban J connectivity index is 2.16. The molecule has 0 aliphatic heterocycles. The average molecular weight is 285 g/mol. The van der Waals surface area contributed by atoms with Crippen molar-refractivity contribution in [3.63, 3.8) is 0 Å². The van der Waals surface area contributed by atoms with Crippen LogP contribution in [0.3, 0.4) is 0 Å². The third kappa shape index (κ3) is 3.61. The van der Waals surface area contributed by atoms with Crippen LogP contribution in [-0.4, -0.2) is 24.7 Å². The van der Waals surface area contributed by atoms with Gasteiger partial charge < -0.3 is 15.2 Å². The molecule has 0 spiro atoms. The third-order valence-corrected chi connectivity index (χ3v) is 3.36. The molecule has 1 atom stereocenters. The van der Waals surface area contributed by atoms with Crippen LogP contribution in [0.4, 0.5) is 0 Å². The van der Waals surface area contributed by atoms with Crippen molar-refractivity contribution in [1.82, 2.24) is 5.32 Å². The molecule has 0 unspecified atom stereocenters. The lowest BCUT2D eigenvalue weighted by atomic mass is 10.1. The number of aliphatic hydroxyl groups excluding tert-OH is 1. The molecular weight excluding hydrogens is 266 g/mol. The molecule has 2 rings (SSSR count). The molecule has 0 saturated heterocycles. The summed E-state index contributed by atoms with van der Waals surface area (Å²) in [7, 11) is 1.57. The first-order valence-electron chi connectivity index (χ1n) is 6.77. The first kappa shape index (κ1) is 15.1. The maximum absolute atomic E-state index is 12.3. The molecule has 0 saturated carbocycles. The van der Waals surface area contributed by atoms with Gasteiger partial charge in [-0.05, 0) is 30.2 Å². The van der Waals surface area contributed by atoms with E-state index in [4.69, 9.17) is 4.74 Å². The number of ether oxygens (including phenoxy) is 1.